The first-order valence-electron chi connectivity index (χ1n) is 6.35. The van der Waals surface area contributed by atoms with Crippen LogP contribution >= 0.6 is 11.6 Å². The highest BCUT2D eigenvalue weighted by Gasteiger charge is 2.20. The lowest BCUT2D eigenvalue weighted by Gasteiger charge is -2.24. The molecular formula is C13H20ClN3. The first-order valence-corrected chi connectivity index (χ1v) is 6.73. The Kier molecular flexibility index (Phi) is 4.11. The largest absolute Gasteiger partial charge is 0.396 e. The molecule has 1 saturated carbocycles. The van der Waals surface area contributed by atoms with Gasteiger partial charge in [0.25, 0.3) is 0 Å². The summed E-state index contributed by atoms with van der Waals surface area (Å²) in [6.07, 6.45) is 6.41. The Balaban J connectivity index is 2.10. The Bertz CT molecular complexity index is 381. The minimum Gasteiger partial charge on any atom is -0.396 e. The number of aromatic nitrogens is 1. The number of anilines is 2. The number of rotatable bonds is 2. The maximum Gasteiger partial charge on any atom is 0.151 e. The predicted molar refractivity (Wildman–Crippen MR) is 73.3 cm³/mol. The van der Waals surface area contributed by atoms with Crippen LogP contribution in [-0.2, 0) is 0 Å². The molecule has 2 atom stereocenters. The molecule has 3 nitrogen and oxygen atoms in total. The van der Waals surface area contributed by atoms with Gasteiger partial charge >= 0.3 is 0 Å². The fourth-order valence-corrected chi connectivity index (χ4v) is 2.59. The summed E-state index contributed by atoms with van der Waals surface area (Å²) in [6.45, 7) is 2.30. The van der Waals surface area contributed by atoms with Crippen molar-refractivity contribution in [2.45, 2.75) is 45.1 Å². The molecule has 0 amide bonds. The van der Waals surface area contributed by atoms with Crippen LogP contribution in [0.1, 0.15) is 39.0 Å². The normalized spacial score (nSPS) is 25.3. The van der Waals surface area contributed by atoms with Gasteiger partial charge < -0.3 is 11.1 Å². The Morgan fingerprint density at radius 3 is 2.88 bits per heavy atom. The van der Waals surface area contributed by atoms with Gasteiger partial charge in [-0.25, -0.2) is 4.98 Å². The number of hydrogen-bond donors (Lipinski definition) is 2. The topological polar surface area (TPSA) is 50.9 Å². The van der Waals surface area contributed by atoms with Crippen LogP contribution in [0, 0.1) is 5.92 Å². The molecular weight excluding hydrogens is 234 g/mol. The predicted octanol–water partition coefficient (Wildman–Crippen LogP) is 3.70. The molecule has 1 aliphatic carbocycles. The lowest BCUT2D eigenvalue weighted by Crippen LogP contribution is -2.27. The van der Waals surface area contributed by atoms with E-state index >= 15 is 0 Å². The molecule has 17 heavy (non-hydrogen) atoms. The van der Waals surface area contributed by atoms with Crippen molar-refractivity contribution in [1.82, 2.24) is 4.98 Å². The van der Waals surface area contributed by atoms with Gasteiger partial charge in [0.15, 0.2) is 5.82 Å². The second-order valence-electron chi connectivity index (χ2n) is 4.94. The summed E-state index contributed by atoms with van der Waals surface area (Å²) in [6, 6.07) is 3.99. The van der Waals surface area contributed by atoms with E-state index in [2.05, 4.69) is 17.2 Å². The van der Waals surface area contributed by atoms with E-state index in [1.807, 2.05) is 0 Å². The molecule has 0 saturated heterocycles. The third-order valence-corrected chi connectivity index (χ3v) is 3.79. The van der Waals surface area contributed by atoms with Crippen LogP contribution in [0.5, 0.6) is 0 Å². The summed E-state index contributed by atoms with van der Waals surface area (Å²) in [5.41, 5.74) is 6.58. The zero-order valence-corrected chi connectivity index (χ0v) is 11.0. The van der Waals surface area contributed by atoms with Crippen molar-refractivity contribution in [2.24, 2.45) is 5.92 Å². The summed E-state index contributed by atoms with van der Waals surface area (Å²) in [4.78, 5) is 4.26. The molecule has 0 aromatic carbocycles. The Hall–Kier alpha value is -0.960. The molecule has 1 heterocycles. The van der Waals surface area contributed by atoms with Crippen LogP contribution < -0.4 is 11.1 Å². The average molecular weight is 254 g/mol. The van der Waals surface area contributed by atoms with E-state index in [9.17, 15) is 0 Å². The number of nitrogens with two attached hydrogens (primary N) is 1. The smallest absolute Gasteiger partial charge is 0.151 e. The maximum atomic E-state index is 5.91. The summed E-state index contributed by atoms with van der Waals surface area (Å²) in [5, 5.41) is 3.95. The lowest BCUT2D eigenvalue weighted by molar-refractivity contribution is 0.456. The Labute approximate surface area is 108 Å². The highest BCUT2D eigenvalue weighted by atomic mass is 35.5. The molecule has 2 unspecified atom stereocenters. The van der Waals surface area contributed by atoms with E-state index in [0.717, 1.165) is 5.82 Å². The third-order valence-electron chi connectivity index (χ3n) is 3.58. The van der Waals surface area contributed by atoms with Gasteiger partial charge in [0, 0.05) is 6.04 Å². The number of nitrogen functional groups attached to an aromatic ring is 1. The zero-order valence-electron chi connectivity index (χ0n) is 10.2. The van der Waals surface area contributed by atoms with E-state index in [4.69, 9.17) is 17.3 Å². The Morgan fingerprint density at radius 1 is 1.29 bits per heavy atom. The van der Waals surface area contributed by atoms with E-state index < -0.39 is 0 Å². The van der Waals surface area contributed by atoms with Crippen molar-refractivity contribution in [3.8, 4) is 0 Å². The van der Waals surface area contributed by atoms with Crippen molar-refractivity contribution in [3.63, 3.8) is 0 Å². The number of nitrogens with zero attached hydrogens (tertiary/aromatic N) is 1. The number of halogens is 1. The van der Waals surface area contributed by atoms with Gasteiger partial charge in [-0.05, 0) is 30.9 Å². The molecule has 2 rings (SSSR count). The van der Waals surface area contributed by atoms with Gasteiger partial charge in [0.1, 0.15) is 5.15 Å². The van der Waals surface area contributed by atoms with Crippen molar-refractivity contribution < 1.29 is 0 Å². The monoisotopic (exact) mass is 253 g/mol. The molecule has 1 fully saturated rings. The van der Waals surface area contributed by atoms with Gasteiger partial charge in [-0.3, -0.25) is 0 Å². The van der Waals surface area contributed by atoms with Gasteiger partial charge in [-0.1, -0.05) is 37.8 Å². The van der Waals surface area contributed by atoms with Crippen LogP contribution in [0.25, 0.3) is 0 Å². The van der Waals surface area contributed by atoms with Gasteiger partial charge in [-0.2, -0.15) is 0 Å². The summed E-state index contributed by atoms with van der Waals surface area (Å²) in [5.74, 6) is 1.40. The fraction of sp³-hybridized carbons (Fsp3) is 0.615. The first kappa shape index (κ1) is 12.5. The highest BCUT2D eigenvalue weighted by molar-refractivity contribution is 6.29. The van der Waals surface area contributed by atoms with Gasteiger partial charge in [0.05, 0.1) is 5.69 Å². The second kappa shape index (κ2) is 5.58. The quantitative estimate of drug-likeness (QED) is 0.624. The van der Waals surface area contributed by atoms with Gasteiger partial charge in [-0.15, -0.1) is 0 Å². The second-order valence-corrected chi connectivity index (χ2v) is 5.33. The highest BCUT2D eigenvalue weighted by Crippen LogP contribution is 2.27. The molecule has 0 spiro atoms. The zero-order chi connectivity index (χ0) is 12.3. The standard InChI is InChI=1S/C13H20ClN3/c1-9-5-3-2-4-6-11(9)16-13-10(15)7-8-12(14)17-13/h7-9,11H,2-6,15H2,1H3,(H,16,17). The lowest BCUT2D eigenvalue weighted by atomic mass is 9.97. The molecule has 94 valence electrons. The average Bonchev–Trinajstić information content (AvgIpc) is 2.50. The van der Waals surface area contributed by atoms with Crippen molar-refractivity contribution >= 4 is 23.1 Å². The molecule has 1 aromatic heterocycles. The van der Waals surface area contributed by atoms with Crippen LogP contribution in [0.15, 0.2) is 12.1 Å². The molecule has 3 N–H and O–H groups in total. The summed E-state index contributed by atoms with van der Waals surface area (Å²) >= 11 is 5.90. The van der Waals surface area contributed by atoms with E-state index in [1.165, 1.54) is 32.1 Å². The van der Waals surface area contributed by atoms with Crippen LogP contribution in [0.3, 0.4) is 0 Å². The summed E-state index contributed by atoms with van der Waals surface area (Å²) in [7, 11) is 0. The minimum atomic E-state index is 0.464. The number of hydrogen-bond acceptors (Lipinski definition) is 3. The Morgan fingerprint density at radius 2 is 2.06 bits per heavy atom. The minimum absolute atomic E-state index is 0.464. The van der Waals surface area contributed by atoms with Crippen LogP contribution in [-0.4, -0.2) is 11.0 Å². The van der Waals surface area contributed by atoms with Crippen molar-refractivity contribution in [3.05, 3.63) is 17.3 Å². The SMILES string of the molecule is CC1CCCCCC1Nc1nc(Cl)ccc1N. The maximum absolute atomic E-state index is 5.91. The van der Waals surface area contributed by atoms with Gasteiger partial charge in [0.2, 0.25) is 0 Å². The van der Waals surface area contributed by atoms with Crippen LogP contribution in [0.4, 0.5) is 11.5 Å². The van der Waals surface area contributed by atoms with E-state index in [1.54, 1.807) is 12.1 Å². The number of pyridine rings is 1. The van der Waals surface area contributed by atoms with Crippen molar-refractivity contribution in [1.29, 1.82) is 0 Å². The molecule has 0 aliphatic heterocycles. The number of nitrogens with one attached hydrogen (secondary N) is 1. The molecule has 0 bridgehead atoms. The molecule has 1 aliphatic rings. The molecule has 1 aromatic rings. The first-order chi connectivity index (χ1) is 8.16. The fourth-order valence-electron chi connectivity index (χ4n) is 2.44. The third kappa shape index (κ3) is 3.25. The molecule has 4 heteroatoms. The van der Waals surface area contributed by atoms with E-state index in [0.29, 0.717) is 22.8 Å². The van der Waals surface area contributed by atoms with E-state index in [-0.39, 0.29) is 0 Å². The van der Waals surface area contributed by atoms with Crippen LogP contribution in [0.2, 0.25) is 5.15 Å². The summed E-state index contributed by atoms with van der Waals surface area (Å²) < 4.78 is 0. The molecule has 0 radical (unpaired) electrons. The van der Waals surface area contributed by atoms with Crippen molar-refractivity contribution in [2.75, 3.05) is 11.1 Å².